The first kappa shape index (κ1) is 25.3. The monoisotopic (exact) mass is 534 g/mol. The molecular weight excluding hydrogens is 488 g/mol. The van der Waals surface area contributed by atoms with Gasteiger partial charge in [0.1, 0.15) is 0 Å². The summed E-state index contributed by atoms with van der Waals surface area (Å²) in [6.45, 7) is 16.7. The zero-order valence-electron chi connectivity index (χ0n) is 22.5. The molecule has 5 aliphatic carbocycles. The van der Waals surface area contributed by atoms with E-state index in [1.807, 2.05) is 0 Å². The van der Waals surface area contributed by atoms with E-state index in [1.54, 1.807) is 0 Å². The molecule has 0 saturated heterocycles. The van der Waals surface area contributed by atoms with Crippen molar-refractivity contribution in [3.05, 3.63) is 0 Å². The van der Waals surface area contributed by atoms with Crippen molar-refractivity contribution >= 4 is 27.7 Å². The largest absolute Gasteiger partial charge is 0.481 e. The molecule has 5 saturated carbocycles. The van der Waals surface area contributed by atoms with E-state index in [0.717, 1.165) is 38.5 Å². The fourth-order valence-corrected chi connectivity index (χ4v) is 12.9. The van der Waals surface area contributed by atoms with Crippen LogP contribution in [0.25, 0.3) is 0 Å². The number of carboxylic acid groups (broad SMARTS) is 1. The fraction of sp³-hybridized carbons (Fsp3) is 0.933. The highest BCUT2D eigenvalue weighted by Gasteiger charge is 2.72. The van der Waals surface area contributed by atoms with Crippen LogP contribution in [0.2, 0.25) is 0 Å². The summed E-state index contributed by atoms with van der Waals surface area (Å²) >= 11 is 3.81. The van der Waals surface area contributed by atoms with E-state index < -0.39 is 11.4 Å². The van der Waals surface area contributed by atoms with E-state index in [4.69, 9.17) is 0 Å². The standard InChI is InChI=1S/C30H47BrO3/c1-17(2)18-10-13-30(25(33)34)15-14-28(6)19(23(18)30)8-9-22-27(5)16-20(31)24(32)26(3,4)21(27)11-12-29(22,28)7/h17-23H,8-16H2,1-7H3,(H,33,34)/t18-,19+,20?,21-,22+,23+,27-,28+,29+,30-/m0/s1. The van der Waals surface area contributed by atoms with Crippen molar-refractivity contribution in [3.63, 3.8) is 0 Å². The van der Waals surface area contributed by atoms with E-state index in [9.17, 15) is 14.7 Å². The highest BCUT2D eigenvalue weighted by molar-refractivity contribution is 9.10. The Bertz CT molecular complexity index is 895. The second kappa shape index (κ2) is 7.57. The second-order valence-corrected chi connectivity index (χ2v) is 16.0. The molecule has 5 fully saturated rings. The quantitative estimate of drug-likeness (QED) is 0.368. The van der Waals surface area contributed by atoms with Gasteiger partial charge in [-0.25, -0.2) is 0 Å². The van der Waals surface area contributed by atoms with Gasteiger partial charge in [-0.05, 0) is 110 Å². The van der Waals surface area contributed by atoms with E-state index in [-0.39, 0.29) is 26.5 Å². The molecule has 1 N–H and O–H groups in total. The van der Waals surface area contributed by atoms with Gasteiger partial charge in [0.15, 0.2) is 5.78 Å². The van der Waals surface area contributed by atoms with Crippen LogP contribution in [0.1, 0.15) is 106 Å². The third kappa shape index (κ3) is 2.87. The molecule has 0 aromatic heterocycles. The average Bonchev–Trinajstić information content (AvgIpc) is 3.14. The van der Waals surface area contributed by atoms with Gasteiger partial charge in [-0.2, -0.15) is 0 Å². The van der Waals surface area contributed by atoms with Crippen LogP contribution in [-0.4, -0.2) is 21.7 Å². The summed E-state index contributed by atoms with van der Waals surface area (Å²) in [4.78, 5) is 26.0. The van der Waals surface area contributed by atoms with Gasteiger partial charge in [0, 0.05) is 5.41 Å². The number of ketones is 1. The number of alkyl halides is 1. The molecule has 192 valence electrons. The molecule has 1 unspecified atom stereocenters. The Morgan fingerprint density at radius 3 is 2.21 bits per heavy atom. The highest BCUT2D eigenvalue weighted by Crippen LogP contribution is 2.77. The minimum atomic E-state index is -0.514. The first-order chi connectivity index (χ1) is 15.7. The van der Waals surface area contributed by atoms with Crippen LogP contribution in [0.15, 0.2) is 0 Å². The molecule has 0 radical (unpaired) electrons. The molecule has 0 aromatic carbocycles. The van der Waals surface area contributed by atoms with E-state index >= 15 is 0 Å². The lowest BCUT2D eigenvalue weighted by Crippen LogP contribution is -2.67. The Hall–Kier alpha value is -0.380. The van der Waals surface area contributed by atoms with Crippen LogP contribution >= 0.6 is 15.9 Å². The number of halogens is 1. The lowest BCUT2D eigenvalue weighted by molar-refractivity contribution is -0.236. The number of rotatable bonds is 2. The van der Waals surface area contributed by atoms with Crippen LogP contribution in [0.5, 0.6) is 0 Å². The predicted octanol–water partition coefficient (Wildman–Crippen LogP) is 7.75. The molecule has 5 rings (SSSR count). The van der Waals surface area contributed by atoms with Crippen molar-refractivity contribution in [1.82, 2.24) is 0 Å². The lowest BCUT2D eigenvalue weighted by Gasteiger charge is -2.72. The van der Waals surface area contributed by atoms with E-state index in [1.165, 1.54) is 19.3 Å². The summed E-state index contributed by atoms with van der Waals surface area (Å²) in [5.41, 5.74) is -0.234. The zero-order chi connectivity index (χ0) is 25.1. The summed E-state index contributed by atoms with van der Waals surface area (Å²) in [5.74, 6) is 2.83. The van der Waals surface area contributed by atoms with Gasteiger partial charge < -0.3 is 5.11 Å². The van der Waals surface area contributed by atoms with E-state index in [0.29, 0.717) is 41.3 Å². The Balaban J connectivity index is 1.57. The van der Waals surface area contributed by atoms with Crippen LogP contribution in [0.3, 0.4) is 0 Å². The number of carbonyl (C=O) groups excluding carboxylic acids is 1. The molecule has 0 spiro atoms. The van der Waals surface area contributed by atoms with Gasteiger partial charge >= 0.3 is 5.97 Å². The maximum Gasteiger partial charge on any atom is 0.309 e. The Morgan fingerprint density at radius 2 is 1.59 bits per heavy atom. The summed E-state index contributed by atoms with van der Waals surface area (Å²) in [7, 11) is 0. The maximum absolute atomic E-state index is 13.2. The number of fused-ring (bicyclic) bond motifs is 7. The van der Waals surface area contributed by atoms with Crippen molar-refractivity contribution < 1.29 is 14.7 Å². The topological polar surface area (TPSA) is 54.4 Å². The number of hydrogen-bond acceptors (Lipinski definition) is 2. The molecule has 0 heterocycles. The number of hydrogen-bond donors (Lipinski definition) is 1. The summed E-state index contributed by atoms with van der Waals surface area (Å²) < 4.78 is 0. The molecule has 0 aliphatic heterocycles. The summed E-state index contributed by atoms with van der Waals surface area (Å²) in [6.07, 6.45) is 9.52. The molecular formula is C30H47BrO3. The van der Waals surface area contributed by atoms with Crippen molar-refractivity contribution in [2.45, 2.75) is 111 Å². The molecule has 3 nitrogen and oxygen atoms in total. The highest BCUT2D eigenvalue weighted by atomic mass is 79.9. The molecule has 34 heavy (non-hydrogen) atoms. The number of carboxylic acids is 1. The Kier molecular flexibility index (Phi) is 5.63. The summed E-state index contributed by atoms with van der Waals surface area (Å²) in [5, 5.41) is 10.5. The van der Waals surface area contributed by atoms with Gasteiger partial charge in [0.05, 0.1) is 10.2 Å². The molecule has 10 atom stereocenters. The summed E-state index contributed by atoms with van der Waals surface area (Å²) in [6, 6.07) is 0. The van der Waals surface area contributed by atoms with Crippen molar-refractivity contribution in [2.24, 2.45) is 62.6 Å². The smallest absolute Gasteiger partial charge is 0.309 e. The second-order valence-electron chi connectivity index (χ2n) is 14.9. The molecule has 4 heteroatoms. The molecule has 0 aromatic rings. The van der Waals surface area contributed by atoms with Crippen molar-refractivity contribution in [1.29, 1.82) is 0 Å². The number of aliphatic carboxylic acids is 1. The van der Waals surface area contributed by atoms with Crippen LogP contribution in [0.4, 0.5) is 0 Å². The predicted molar refractivity (Wildman–Crippen MR) is 140 cm³/mol. The first-order valence-electron chi connectivity index (χ1n) is 14.1. The average molecular weight is 536 g/mol. The van der Waals surface area contributed by atoms with Crippen LogP contribution < -0.4 is 0 Å². The van der Waals surface area contributed by atoms with Gasteiger partial charge in [-0.15, -0.1) is 0 Å². The zero-order valence-corrected chi connectivity index (χ0v) is 24.1. The lowest BCUT2D eigenvalue weighted by atomic mass is 9.32. The van der Waals surface area contributed by atoms with Crippen molar-refractivity contribution in [3.8, 4) is 0 Å². The molecule has 0 bridgehead atoms. The SMILES string of the molecule is CC(C)[C@@H]1CC[C@]2(C(=O)O)CC[C@]3(C)[C@H](CC[C@@H]4[C@@]5(C)CC(Br)C(=O)C(C)(C)[C@@H]5CC[C@]43C)[C@@H]12. The first-order valence-corrected chi connectivity index (χ1v) is 15.0. The number of Topliss-reactive ketones (excluding diaryl/α,β-unsaturated/α-hetero) is 1. The Morgan fingerprint density at radius 1 is 0.912 bits per heavy atom. The van der Waals surface area contributed by atoms with Gasteiger partial charge in [-0.1, -0.05) is 64.4 Å². The van der Waals surface area contributed by atoms with Crippen LogP contribution in [-0.2, 0) is 9.59 Å². The Labute approximate surface area is 215 Å². The third-order valence-corrected chi connectivity index (χ3v) is 14.2. The minimum absolute atomic E-state index is 0.0391. The minimum Gasteiger partial charge on any atom is -0.481 e. The van der Waals surface area contributed by atoms with Gasteiger partial charge in [0.25, 0.3) is 0 Å². The number of carbonyl (C=O) groups is 2. The third-order valence-electron chi connectivity index (χ3n) is 13.4. The van der Waals surface area contributed by atoms with Gasteiger partial charge in [0.2, 0.25) is 0 Å². The normalized spacial score (nSPS) is 54.1. The fourth-order valence-electron chi connectivity index (χ4n) is 11.7. The molecule has 0 amide bonds. The maximum atomic E-state index is 13.2. The molecule has 5 aliphatic rings. The van der Waals surface area contributed by atoms with Gasteiger partial charge in [-0.3, -0.25) is 9.59 Å². The van der Waals surface area contributed by atoms with E-state index in [2.05, 4.69) is 64.4 Å². The van der Waals surface area contributed by atoms with Crippen molar-refractivity contribution in [2.75, 3.05) is 0 Å². The van der Waals surface area contributed by atoms with Crippen LogP contribution in [0, 0.1) is 62.6 Å².